The van der Waals surface area contributed by atoms with Crippen LogP contribution in [0.4, 0.5) is 0 Å². The van der Waals surface area contributed by atoms with Crippen molar-refractivity contribution in [3.05, 3.63) is 0 Å². The SMILES string of the molecule is CC1CNC(=O)CNC(=O)[C@H](C)NC(=O)C[C@@H](C)C1. The van der Waals surface area contributed by atoms with Gasteiger partial charge in [0, 0.05) is 13.0 Å². The highest BCUT2D eigenvalue weighted by Crippen LogP contribution is 2.14. The molecule has 3 amide bonds. The molecule has 6 nitrogen and oxygen atoms in total. The Labute approximate surface area is 113 Å². The molecule has 1 saturated heterocycles. The maximum absolute atomic E-state index is 11.7. The summed E-state index contributed by atoms with van der Waals surface area (Å²) in [7, 11) is 0. The van der Waals surface area contributed by atoms with Crippen LogP contribution in [0.3, 0.4) is 0 Å². The summed E-state index contributed by atoms with van der Waals surface area (Å²) < 4.78 is 0. The van der Waals surface area contributed by atoms with Gasteiger partial charge < -0.3 is 16.0 Å². The van der Waals surface area contributed by atoms with Gasteiger partial charge in [-0.1, -0.05) is 13.8 Å². The fourth-order valence-electron chi connectivity index (χ4n) is 2.21. The molecule has 1 aliphatic rings. The van der Waals surface area contributed by atoms with E-state index in [-0.39, 0.29) is 30.2 Å². The van der Waals surface area contributed by atoms with Gasteiger partial charge in [0.15, 0.2) is 0 Å². The van der Waals surface area contributed by atoms with Gasteiger partial charge in [0.2, 0.25) is 17.7 Å². The maximum Gasteiger partial charge on any atom is 0.242 e. The van der Waals surface area contributed by atoms with Crippen molar-refractivity contribution in [1.29, 1.82) is 0 Å². The quantitative estimate of drug-likeness (QED) is 0.568. The van der Waals surface area contributed by atoms with Gasteiger partial charge in [-0.2, -0.15) is 0 Å². The van der Waals surface area contributed by atoms with E-state index in [9.17, 15) is 14.4 Å². The van der Waals surface area contributed by atoms with Crippen molar-refractivity contribution < 1.29 is 14.4 Å². The van der Waals surface area contributed by atoms with Gasteiger partial charge in [0.1, 0.15) is 6.04 Å². The summed E-state index contributed by atoms with van der Waals surface area (Å²) in [5.41, 5.74) is 0. The van der Waals surface area contributed by atoms with Crippen LogP contribution in [-0.2, 0) is 14.4 Å². The predicted molar refractivity (Wildman–Crippen MR) is 71.2 cm³/mol. The third-order valence-corrected chi connectivity index (χ3v) is 3.18. The first-order valence-electron chi connectivity index (χ1n) is 6.72. The molecule has 1 heterocycles. The summed E-state index contributed by atoms with van der Waals surface area (Å²) in [5.74, 6) is -0.140. The summed E-state index contributed by atoms with van der Waals surface area (Å²) >= 11 is 0. The van der Waals surface area contributed by atoms with Gasteiger partial charge in [-0.15, -0.1) is 0 Å². The Morgan fingerprint density at radius 2 is 1.63 bits per heavy atom. The van der Waals surface area contributed by atoms with Crippen LogP contribution in [0.2, 0.25) is 0 Å². The molecule has 0 aromatic rings. The van der Waals surface area contributed by atoms with Crippen molar-refractivity contribution in [2.75, 3.05) is 13.1 Å². The standard InChI is InChI=1S/C13H23N3O3/c1-8-4-9(2)6-14-12(18)7-15-13(19)10(3)16-11(17)5-8/h8-10H,4-7H2,1-3H3,(H,14,18)(H,15,19)(H,16,17)/t8-,9?,10-/m0/s1. The number of nitrogens with one attached hydrogen (secondary N) is 3. The van der Waals surface area contributed by atoms with Crippen molar-refractivity contribution in [3.8, 4) is 0 Å². The van der Waals surface area contributed by atoms with Crippen molar-refractivity contribution in [2.45, 2.75) is 39.7 Å². The Morgan fingerprint density at radius 3 is 2.32 bits per heavy atom. The van der Waals surface area contributed by atoms with Gasteiger partial charge in [0.05, 0.1) is 6.54 Å². The van der Waals surface area contributed by atoms with Crippen LogP contribution in [-0.4, -0.2) is 36.9 Å². The molecule has 108 valence electrons. The number of carbonyl (C=O) groups excluding carboxylic acids is 3. The van der Waals surface area contributed by atoms with Crippen LogP contribution in [0.15, 0.2) is 0 Å². The number of hydrogen-bond acceptors (Lipinski definition) is 3. The summed E-state index contributed by atoms with van der Waals surface area (Å²) in [6, 6.07) is -0.620. The fourth-order valence-corrected chi connectivity index (χ4v) is 2.21. The average molecular weight is 269 g/mol. The van der Waals surface area contributed by atoms with Crippen LogP contribution < -0.4 is 16.0 Å². The third kappa shape index (κ3) is 5.72. The lowest BCUT2D eigenvalue weighted by Crippen LogP contribution is -2.47. The van der Waals surface area contributed by atoms with Crippen LogP contribution in [0, 0.1) is 11.8 Å². The predicted octanol–water partition coefficient (Wildman–Crippen LogP) is -0.210. The molecular formula is C13H23N3O3. The van der Waals surface area contributed by atoms with Gasteiger partial charge >= 0.3 is 0 Å². The Balaban J connectivity index is 2.68. The molecule has 0 radical (unpaired) electrons. The van der Waals surface area contributed by atoms with Crippen LogP contribution >= 0.6 is 0 Å². The van der Waals surface area contributed by atoms with Crippen LogP contribution in [0.5, 0.6) is 0 Å². The fraction of sp³-hybridized carbons (Fsp3) is 0.769. The third-order valence-electron chi connectivity index (χ3n) is 3.18. The topological polar surface area (TPSA) is 87.3 Å². The van der Waals surface area contributed by atoms with Crippen LogP contribution in [0.25, 0.3) is 0 Å². The first-order valence-corrected chi connectivity index (χ1v) is 6.72. The Bertz CT molecular complexity index is 357. The molecule has 1 unspecified atom stereocenters. The first-order chi connectivity index (χ1) is 8.88. The zero-order valence-electron chi connectivity index (χ0n) is 11.8. The maximum atomic E-state index is 11.7. The highest BCUT2D eigenvalue weighted by molar-refractivity contribution is 5.90. The minimum absolute atomic E-state index is 0.0542. The number of hydrogen-bond donors (Lipinski definition) is 3. The van der Waals surface area contributed by atoms with E-state index in [0.29, 0.717) is 18.9 Å². The first kappa shape index (κ1) is 15.5. The minimum atomic E-state index is -0.620. The molecule has 0 bridgehead atoms. The van der Waals surface area contributed by atoms with Crippen molar-refractivity contribution in [1.82, 2.24) is 16.0 Å². The van der Waals surface area contributed by atoms with E-state index in [0.717, 1.165) is 6.42 Å². The summed E-state index contributed by atoms with van der Waals surface area (Å²) in [5, 5.41) is 7.93. The Hall–Kier alpha value is -1.59. The lowest BCUT2D eigenvalue weighted by atomic mass is 9.94. The average Bonchev–Trinajstić information content (AvgIpc) is 2.32. The molecule has 0 aliphatic carbocycles. The van der Waals surface area contributed by atoms with Crippen LogP contribution in [0.1, 0.15) is 33.6 Å². The molecule has 0 saturated carbocycles. The molecule has 19 heavy (non-hydrogen) atoms. The van der Waals surface area contributed by atoms with E-state index in [1.165, 1.54) is 0 Å². The second-order valence-electron chi connectivity index (χ2n) is 5.46. The highest BCUT2D eigenvalue weighted by Gasteiger charge is 2.20. The molecule has 3 N–H and O–H groups in total. The molecule has 1 aliphatic heterocycles. The molecule has 3 atom stereocenters. The van der Waals surface area contributed by atoms with Gasteiger partial charge in [0.25, 0.3) is 0 Å². The molecule has 1 rings (SSSR count). The van der Waals surface area contributed by atoms with E-state index in [2.05, 4.69) is 16.0 Å². The van der Waals surface area contributed by atoms with Crippen molar-refractivity contribution in [3.63, 3.8) is 0 Å². The minimum Gasteiger partial charge on any atom is -0.354 e. The van der Waals surface area contributed by atoms with E-state index in [1.807, 2.05) is 13.8 Å². The smallest absolute Gasteiger partial charge is 0.242 e. The molecule has 6 heteroatoms. The summed E-state index contributed by atoms with van der Waals surface area (Å²) in [6.07, 6.45) is 1.26. The van der Waals surface area contributed by atoms with E-state index in [1.54, 1.807) is 6.92 Å². The zero-order chi connectivity index (χ0) is 14.4. The largest absolute Gasteiger partial charge is 0.354 e. The monoisotopic (exact) mass is 269 g/mol. The summed E-state index contributed by atoms with van der Waals surface area (Å²) in [6.45, 7) is 6.16. The number of amides is 3. The molecule has 1 fully saturated rings. The normalized spacial score (nSPS) is 31.1. The van der Waals surface area contributed by atoms with E-state index >= 15 is 0 Å². The second kappa shape index (κ2) is 7.11. The molecule has 0 aromatic carbocycles. The van der Waals surface area contributed by atoms with E-state index in [4.69, 9.17) is 0 Å². The van der Waals surface area contributed by atoms with Gasteiger partial charge in [-0.3, -0.25) is 14.4 Å². The Morgan fingerprint density at radius 1 is 0.947 bits per heavy atom. The van der Waals surface area contributed by atoms with E-state index < -0.39 is 6.04 Å². The number of carbonyl (C=O) groups is 3. The lowest BCUT2D eigenvalue weighted by Gasteiger charge is -2.17. The highest BCUT2D eigenvalue weighted by atomic mass is 16.2. The number of rotatable bonds is 0. The van der Waals surface area contributed by atoms with Crippen molar-refractivity contribution >= 4 is 17.7 Å². The molecular weight excluding hydrogens is 246 g/mol. The summed E-state index contributed by atoms with van der Waals surface area (Å²) in [4.78, 5) is 34.9. The van der Waals surface area contributed by atoms with Gasteiger partial charge in [-0.05, 0) is 25.2 Å². The van der Waals surface area contributed by atoms with Crippen molar-refractivity contribution in [2.24, 2.45) is 11.8 Å². The lowest BCUT2D eigenvalue weighted by molar-refractivity contribution is -0.130. The van der Waals surface area contributed by atoms with Gasteiger partial charge in [-0.25, -0.2) is 0 Å². The zero-order valence-corrected chi connectivity index (χ0v) is 11.8. The molecule has 0 spiro atoms. The second-order valence-corrected chi connectivity index (χ2v) is 5.46. The Kier molecular flexibility index (Phi) is 5.79. The molecule has 0 aromatic heterocycles.